The second kappa shape index (κ2) is 6.35. The molecule has 0 aliphatic heterocycles. The molecule has 1 aromatic carbocycles. The van der Waals surface area contributed by atoms with E-state index >= 15 is 0 Å². The van der Waals surface area contributed by atoms with Gasteiger partial charge >= 0.3 is 0 Å². The van der Waals surface area contributed by atoms with E-state index in [1.807, 2.05) is 0 Å². The van der Waals surface area contributed by atoms with Gasteiger partial charge in [0.2, 0.25) is 5.91 Å². The lowest BCUT2D eigenvalue weighted by molar-refractivity contribution is -0.142. The van der Waals surface area contributed by atoms with E-state index in [9.17, 15) is 9.18 Å². The van der Waals surface area contributed by atoms with E-state index in [4.69, 9.17) is 5.73 Å². The predicted molar refractivity (Wildman–Crippen MR) is 77.4 cm³/mol. The number of rotatable bonds is 4. The minimum absolute atomic E-state index is 0.0583. The fraction of sp³-hybridized carbons (Fsp3) is 0.562. The molecule has 1 aliphatic rings. The number of nitrogens with zero attached hydrogens (tertiary/aromatic N) is 1. The summed E-state index contributed by atoms with van der Waals surface area (Å²) in [4.78, 5) is 14.3. The quantitative estimate of drug-likeness (QED) is 0.920. The van der Waals surface area contributed by atoms with Crippen molar-refractivity contribution < 1.29 is 9.18 Å². The van der Waals surface area contributed by atoms with Crippen molar-refractivity contribution in [3.05, 3.63) is 35.6 Å². The van der Waals surface area contributed by atoms with Crippen molar-refractivity contribution in [2.24, 2.45) is 11.1 Å². The Morgan fingerprint density at radius 2 is 1.95 bits per heavy atom. The van der Waals surface area contributed by atoms with Crippen LogP contribution in [0.4, 0.5) is 4.39 Å². The number of amides is 1. The Morgan fingerprint density at radius 1 is 1.30 bits per heavy atom. The van der Waals surface area contributed by atoms with E-state index in [0.29, 0.717) is 18.7 Å². The number of nitrogens with two attached hydrogens (primary N) is 1. The first-order chi connectivity index (χ1) is 9.59. The summed E-state index contributed by atoms with van der Waals surface area (Å²) in [6.07, 6.45) is 4.98. The van der Waals surface area contributed by atoms with Crippen molar-refractivity contribution in [2.75, 3.05) is 13.6 Å². The molecular weight excluding hydrogens is 255 g/mol. The number of hydrogen-bond acceptors (Lipinski definition) is 2. The molecule has 0 spiro atoms. The van der Waals surface area contributed by atoms with Crippen LogP contribution in [-0.4, -0.2) is 24.4 Å². The third-order valence-electron chi connectivity index (χ3n) is 4.37. The van der Waals surface area contributed by atoms with Gasteiger partial charge in [0, 0.05) is 25.7 Å². The van der Waals surface area contributed by atoms with Crippen molar-refractivity contribution in [3.63, 3.8) is 0 Å². The molecule has 0 saturated heterocycles. The molecule has 20 heavy (non-hydrogen) atoms. The number of halogens is 1. The van der Waals surface area contributed by atoms with Crippen LogP contribution in [0, 0.1) is 11.2 Å². The molecule has 3 nitrogen and oxygen atoms in total. The molecule has 1 amide bonds. The Kier molecular flexibility index (Phi) is 4.76. The van der Waals surface area contributed by atoms with Gasteiger partial charge in [0.05, 0.1) is 5.41 Å². The maximum absolute atomic E-state index is 13.7. The zero-order valence-electron chi connectivity index (χ0n) is 12.1. The molecule has 0 radical (unpaired) electrons. The van der Waals surface area contributed by atoms with Gasteiger partial charge in [0.1, 0.15) is 5.82 Å². The predicted octanol–water partition coefficient (Wildman–Crippen LogP) is 2.69. The standard InChI is InChI=1S/C16H23FN2O/c1-19(11-13-7-3-4-8-14(13)17)15(20)16(12-18)9-5-2-6-10-16/h3-4,7-8H,2,5-6,9-12,18H2,1H3. The van der Waals surface area contributed by atoms with Gasteiger partial charge in [-0.05, 0) is 18.9 Å². The summed E-state index contributed by atoms with van der Waals surface area (Å²) in [6.45, 7) is 0.681. The summed E-state index contributed by atoms with van der Waals surface area (Å²) in [6, 6.07) is 6.58. The molecule has 0 bridgehead atoms. The molecule has 0 atom stereocenters. The topological polar surface area (TPSA) is 46.3 Å². The minimum atomic E-state index is -0.432. The van der Waals surface area contributed by atoms with Gasteiger partial charge in [-0.15, -0.1) is 0 Å². The molecule has 1 aliphatic carbocycles. The lowest BCUT2D eigenvalue weighted by Gasteiger charge is -2.37. The molecule has 1 aromatic rings. The Morgan fingerprint density at radius 3 is 2.55 bits per heavy atom. The molecule has 4 heteroatoms. The maximum atomic E-state index is 13.7. The van der Waals surface area contributed by atoms with Gasteiger partial charge in [0.15, 0.2) is 0 Å². The number of carbonyl (C=O) groups excluding carboxylic acids is 1. The van der Waals surface area contributed by atoms with Gasteiger partial charge < -0.3 is 10.6 Å². The number of benzene rings is 1. The van der Waals surface area contributed by atoms with Gasteiger partial charge in [-0.3, -0.25) is 4.79 Å². The Hall–Kier alpha value is -1.42. The van der Waals surface area contributed by atoms with Crippen LogP contribution in [0.3, 0.4) is 0 Å². The maximum Gasteiger partial charge on any atom is 0.230 e. The molecule has 1 fully saturated rings. The van der Waals surface area contributed by atoms with Gasteiger partial charge in [-0.2, -0.15) is 0 Å². The summed E-state index contributed by atoms with van der Waals surface area (Å²) < 4.78 is 13.7. The molecule has 2 rings (SSSR count). The largest absolute Gasteiger partial charge is 0.341 e. The monoisotopic (exact) mass is 278 g/mol. The molecule has 0 heterocycles. The highest BCUT2D eigenvalue weighted by molar-refractivity contribution is 5.83. The van der Waals surface area contributed by atoms with Gasteiger partial charge in [-0.1, -0.05) is 37.5 Å². The Labute approximate surface area is 120 Å². The highest BCUT2D eigenvalue weighted by Crippen LogP contribution is 2.37. The van der Waals surface area contributed by atoms with Gasteiger partial charge in [-0.25, -0.2) is 4.39 Å². The first kappa shape index (κ1) is 15.0. The summed E-state index contributed by atoms with van der Waals surface area (Å²) in [5, 5.41) is 0. The number of hydrogen-bond donors (Lipinski definition) is 1. The molecular formula is C16H23FN2O. The molecule has 2 N–H and O–H groups in total. The van der Waals surface area contributed by atoms with Crippen molar-refractivity contribution in [1.82, 2.24) is 4.90 Å². The van der Waals surface area contributed by atoms with Crippen LogP contribution in [0.2, 0.25) is 0 Å². The molecule has 0 unspecified atom stereocenters. The second-order valence-electron chi connectivity index (χ2n) is 5.80. The molecule has 0 aromatic heterocycles. The van der Waals surface area contributed by atoms with Crippen molar-refractivity contribution in [3.8, 4) is 0 Å². The first-order valence-corrected chi connectivity index (χ1v) is 7.28. The van der Waals surface area contributed by atoms with E-state index in [1.54, 1.807) is 30.1 Å². The van der Waals surface area contributed by atoms with Crippen LogP contribution < -0.4 is 5.73 Å². The highest BCUT2D eigenvalue weighted by atomic mass is 19.1. The zero-order valence-corrected chi connectivity index (χ0v) is 12.1. The summed E-state index contributed by atoms with van der Waals surface area (Å²) in [5.41, 5.74) is 5.99. The lowest BCUT2D eigenvalue weighted by Crippen LogP contribution is -2.47. The van der Waals surface area contributed by atoms with Crippen molar-refractivity contribution in [1.29, 1.82) is 0 Å². The van der Waals surface area contributed by atoms with E-state index in [2.05, 4.69) is 0 Å². The Bertz CT molecular complexity index is 469. The summed E-state index contributed by atoms with van der Waals surface area (Å²) >= 11 is 0. The summed E-state index contributed by atoms with van der Waals surface area (Å²) in [7, 11) is 1.74. The van der Waals surface area contributed by atoms with Crippen LogP contribution in [0.15, 0.2) is 24.3 Å². The smallest absolute Gasteiger partial charge is 0.230 e. The summed E-state index contributed by atoms with van der Waals surface area (Å²) in [5.74, 6) is -0.208. The van der Waals surface area contributed by atoms with Crippen LogP contribution in [-0.2, 0) is 11.3 Å². The Balaban J connectivity index is 2.10. The van der Waals surface area contributed by atoms with E-state index < -0.39 is 5.41 Å². The van der Waals surface area contributed by atoms with E-state index in [0.717, 1.165) is 25.7 Å². The molecule has 1 saturated carbocycles. The first-order valence-electron chi connectivity index (χ1n) is 7.28. The second-order valence-corrected chi connectivity index (χ2v) is 5.80. The zero-order chi connectivity index (χ0) is 14.6. The molecule has 110 valence electrons. The fourth-order valence-corrected chi connectivity index (χ4v) is 3.09. The van der Waals surface area contributed by atoms with Crippen molar-refractivity contribution in [2.45, 2.75) is 38.6 Å². The number of carbonyl (C=O) groups is 1. The van der Waals surface area contributed by atoms with Crippen LogP contribution >= 0.6 is 0 Å². The van der Waals surface area contributed by atoms with Crippen molar-refractivity contribution >= 4 is 5.91 Å². The van der Waals surface area contributed by atoms with E-state index in [1.165, 1.54) is 12.5 Å². The third kappa shape index (κ3) is 3.01. The third-order valence-corrected chi connectivity index (χ3v) is 4.37. The lowest BCUT2D eigenvalue weighted by atomic mass is 9.73. The average molecular weight is 278 g/mol. The van der Waals surface area contributed by atoms with Crippen LogP contribution in [0.5, 0.6) is 0 Å². The van der Waals surface area contributed by atoms with Crippen LogP contribution in [0.25, 0.3) is 0 Å². The fourth-order valence-electron chi connectivity index (χ4n) is 3.09. The van der Waals surface area contributed by atoms with Gasteiger partial charge in [0.25, 0.3) is 0 Å². The van der Waals surface area contributed by atoms with E-state index in [-0.39, 0.29) is 11.7 Å². The minimum Gasteiger partial charge on any atom is -0.341 e. The normalized spacial score (nSPS) is 17.8. The average Bonchev–Trinajstić information content (AvgIpc) is 2.49. The van der Waals surface area contributed by atoms with Crippen LogP contribution in [0.1, 0.15) is 37.7 Å². The highest BCUT2D eigenvalue weighted by Gasteiger charge is 2.39. The SMILES string of the molecule is CN(Cc1ccccc1F)C(=O)C1(CN)CCCCC1.